The summed E-state index contributed by atoms with van der Waals surface area (Å²) in [7, 11) is 0. The van der Waals surface area contributed by atoms with Gasteiger partial charge in [0.1, 0.15) is 0 Å². The van der Waals surface area contributed by atoms with Gasteiger partial charge in [-0.1, -0.05) is 19.4 Å². The third-order valence-electron chi connectivity index (χ3n) is 3.37. The molecule has 1 aromatic heterocycles. The molecule has 0 amide bonds. The van der Waals surface area contributed by atoms with Crippen molar-refractivity contribution in [3.63, 3.8) is 0 Å². The fourth-order valence-electron chi connectivity index (χ4n) is 2.19. The number of aliphatic hydroxyl groups is 1. The number of hydrogen-bond donors (Lipinski definition) is 1. The normalized spacial score (nSPS) is 19.6. The minimum absolute atomic E-state index is 0.141. The van der Waals surface area contributed by atoms with Crippen molar-refractivity contribution in [3.8, 4) is 0 Å². The van der Waals surface area contributed by atoms with Crippen LogP contribution in [-0.2, 0) is 12.0 Å². The van der Waals surface area contributed by atoms with E-state index in [4.69, 9.17) is 0 Å². The first kappa shape index (κ1) is 13.3. The number of alkyl halides is 3. The molecule has 0 bridgehead atoms. The molecule has 1 unspecified atom stereocenters. The number of halogens is 3. The van der Waals surface area contributed by atoms with Gasteiger partial charge in [0.05, 0.1) is 0 Å². The summed E-state index contributed by atoms with van der Waals surface area (Å²) >= 11 is 0. The first-order chi connectivity index (χ1) is 8.39. The molecular weight excluding hydrogens is 243 g/mol. The van der Waals surface area contributed by atoms with Crippen molar-refractivity contribution in [3.05, 3.63) is 29.6 Å². The second kappa shape index (κ2) is 4.53. The van der Waals surface area contributed by atoms with Crippen LogP contribution in [0.25, 0.3) is 0 Å². The quantitative estimate of drug-likeness (QED) is 0.900. The highest BCUT2D eigenvalue weighted by atomic mass is 19.4. The summed E-state index contributed by atoms with van der Waals surface area (Å²) in [4.78, 5) is 4.00. The number of aromatic nitrogens is 1. The van der Waals surface area contributed by atoms with Crippen molar-refractivity contribution in [1.29, 1.82) is 0 Å². The lowest BCUT2D eigenvalue weighted by Gasteiger charge is -2.30. The van der Waals surface area contributed by atoms with Gasteiger partial charge < -0.3 is 5.11 Å². The second-order valence-corrected chi connectivity index (χ2v) is 4.83. The molecule has 0 saturated heterocycles. The predicted molar refractivity (Wildman–Crippen MR) is 60.9 cm³/mol. The molecular formula is C13H16F3NO. The Balaban J connectivity index is 2.32. The van der Waals surface area contributed by atoms with Crippen LogP contribution in [0.4, 0.5) is 13.2 Å². The molecule has 0 aliphatic heterocycles. The molecule has 1 heterocycles. The zero-order chi connectivity index (χ0) is 13.4. The van der Waals surface area contributed by atoms with E-state index in [9.17, 15) is 18.3 Å². The molecule has 0 aromatic carbocycles. The number of aryl methyl sites for hydroxylation is 1. The lowest BCUT2D eigenvalue weighted by molar-refractivity contribution is -0.275. The third kappa shape index (κ3) is 2.23. The maximum atomic E-state index is 13.1. The maximum absolute atomic E-state index is 13.1. The van der Waals surface area contributed by atoms with Gasteiger partial charge in [-0.25, -0.2) is 0 Å². The molecule has 1 N–H and O–H groups in total. The summed E-state index contributed by atoms with van der Waals surface area (Å²) in [6.45, 7) is 1.98. The van der Waals surface area contributed by atoms with Crippen molar-refractivity contribution >= 4 is 0 Å². The van der Waals surface area contributed by atoms with Gasteiger partial charge in [0.25, 0.3) is 0 Å². The molecule has 100 valence electrons. The molecule has 1 atom stereocenters. The van der Waals surface area contributed by atoms with E-state index < -0.39 is 17.7 Å². The molecule has 1 fully saturated rings. The Bertz CT molecular complexity index is 411. The lowest BCUT2D eigenvalue weighted by atomic mass is 9.89. The van der Waals surface area contributed by atoms with Crippen LogP contribution in [-0.4, -0.2) is 16.3 Å². The van der Waals surface area contributed by atoms with E-state index in [0.717, 1.165) is 24.7 Å². The minimum Gasteiger partial charge on any atom is -0.376 e. The first-order valence-electron chi connectivity index (χ1n) is 6.14. The Kier molecular flexibility index (Phi) is 3.36. The predicted octanol–water partition coefficient (Wildman–Crippen LogP) is 3.19. The SMILES string of the molecule is CCCc1ccc(C(O)(C2CC2)C(F)(F)F)cn1. The lowest BCUT2D eigenvalue weighted by Crippen LogP contribution is -2.44. The summed E-state index contributed by atoms with van der Waals surface area (Å²) in [6.07, 6.45) is -1.05. The topological polar surface area (TPSA) is 33.1 Å². The van der Waals surface area contributed by atoms with Crippen LogP contribution >= 0.6 is 0 Å². The van der Waals surface area contributed by atoms with E-state index in [1.165, 1.54) is 6.07 Å². The second-order valence-electron chi connectivity index (χ2n) is 4.83. The van der Waals surface area contributed by atoms with E-state index in [0.29, 0.717) is 12.8 Å². The third-order valence-corrected chi connectivity index (χ3v) is 3.37. The van der Waals surface area contributed by atoms with Gasteiger partial charge >= 0.3 is 6.18 Å². The van der Waals surface area contributed by atoms with Gasteiger partial charge in [-0.15, -0.1) is 0 Å². The van der Waals surface area contributed by atoms with Gasteiger partial charge in [0.2, 0.25) is 0 Å². The zero-order valence-corrected chi connectivity index (χ0v) is 10.2. The van der Waals surface area contributed by atoms with Gasteiger partial charge in [0, 0.05) is 23.4 Å². The number of nitrogens with zero attached hydrogens (tertiary/aromatic N) is 1. The summed E-state index contributed by atoms with van der Waals surface area (Å²) in [5.41, 5.74) is -2.12. The summed E-state index contributed by atoms with van der Waals surface area (Å²) in [6, 6.07) is 2.92. The van der Waals surface area contributed by atoms with Crippen LogP contribution < -0.4 is 0 Å². The van der Waals surface area contributed by atoms with Crippen LogP contribution in [0.1, 0.15) is 37.4 Å². The molecule has 2 rings (SSSR count). The standard InChI is InChI=1S/C13H16F3NO/c1-2-3-11-7-6-10(8-17-11)12(18,9-4-5-9)13(14,15)16/h6-9,18H,2-5H2,1H3. The van der Waals surface area contributed by atoms with Crippen LogP contribution in [0.3, 0.4) is 0 Å². The van der Waals surface area contributed by atoms with Crippen LogP contribution in [0.5, 0.6) is 0 Å². The Hall–Kier alpha value is -1.10. The molecule has 1 aliphatic rings. The summed E-state index contributed by atoms with van der Waals surface area (Å²) < 4.78 is 39.2. The van der Waals surface area contributed by atoms with E-state index >= 15 is 0 Å². The average molecular weight is 259 g/mol. The Morgan fingerprint density at radius 3 is 2.39 bits per heavy atom. The number of hydrogen-bond acceptors (Lipinski definition) is 2. The fraction of sp³-hybridized carbons (Fsp3) is 0.615. The Labute approximate surface area is 104 Å². The van der Waals surface area contributed by atoms with Crippen molar-refractivity contribution in [2.75, 3.05) is 0 Å². The average Bonchev–Trinajstić information content (AvgIpc) is 3.12. The van der Waals surface area contributed by atoms with Gasteiger partial charge in [0.15, 0.2) is 5.60 Å². The largest absolute Gasteiger partial charge is 0.421 e. The highest BCUT2D eigenvalue weighted by molar-refractivity contribution is 5.26. The van der Waals surface area contributed by atoms with Crippen molar-refractivity contribution < 1.29 is 18.3 Å². The fourth-order valence-corrected chi connectivity index (χ4v) is 2.19. The zero-order valence-electron chi connectivity index (χ0n) is 10.2. The molecule has 2 nitrogen and oxygen atoms in total. The number of rotatable bonds is 4. The smallest absolute Gasteiger partial charge is 0.376 e. The van der Waals surface area contributed by atoms with Crippen molar-refractivity contribution in [2.45, 2.75) is 44.4 Å². The van der Waals surface area contributed by atoms with E-state index in [1.807, 2.05) is 6.92 Å². The summed E-state index contributed by atoms with van der Waals surface area (Å²) in [5, 5.41) is 10.0. The van der Waals surface area contributed by atoms with E-state index in [2.05, 4.69) is 4.98 Å². The van der Waals surface area contributed by atoms with Gasteiger partial charge in [-0.3, -0.25) is 4.98 Å². The summed E-state index contributed by atoms with van der Waals surface area (Å²) in [5.74, 6) is -0.726. The van der Waals surface area contributed by atoms with Gasteiger partial charge in [-0.05, 0) is 25.3 Å². The van der Waals surface area contributed by atoms with Crippen LogP contribution in [0.2, 0.25) is 0 Å². The minimum atomic E-state index is -4.65. The van der Waals surface area contributed by atoms with Crippen LogP contribution in [0.15, 0.2) is 18.3 Å². The van der Waals surface area contributed by atoms with Crippen molar-refractivity contribution in [1.82, 2.24) is 4.98 Å². The Morgan fingerprint density at radius 1 is 1.33 bits per heavy atom. The maximum Gasteiger partial charge on any atom is 0.421 e. The van der Waals surface area contributed by atoms with Gasteiger partial charge in [-0.2, -0.15) is 13.2 Å². The molecule has 1 saturated carbocycles. The molecule has 5 heteroatoms. The highest BCUT2D eigenvalue weighted by Gasteiger charge is 2.62. The van der Waals surface area contributed by atoms with Crippen molar-refractivity contribution in [2.24, 2.45) is 5.92 Å². The molecule has 1 aromatic rings. The Morgan fingerprint density at radius 2 is 2.00 bits per heavy atom. The highest BCUT2D eigenvalue weighted by Crippen LogP contribution is 2.53. The molecule has 0 radical (unpaired) electrons. The first-order valence-corrected chi connectivity index (χ1v) is 6.14. The van der Waals surface area contributed by atoms with E-state index in [-0.39, 0.29) is 5.56 Å². The molecule has 18 heavy (non-hydrogen) atoms. The van der Waals surface area contributed by atoms with E-state index in [1.54, 1.807) is 6.07 Å². The molecule has 1 aliphatic carbocycles. The van der Waals surface area contributed by atoms with Crippen LogP contribution in [0, 0.1) is 5.92 Å². The monoisotopic (exact) mass is 259 g/mol. The number of pyridine rings is 1. The molecule has 0 spiro atoms.